The van der Waals surface area contributed by atoms with Crippen molar-refractivity contribution in [2.24, 2.45) is 0 Å². The van der Waals surface area contributed by atoms with Gasteiger partial charge in [0.05, 0.1) is 17.3 Å². The number of anilines is 1. The Balaban J connectivity index is 1.99. The maximum atomic E-state index is 10.2. The number of phenols is 1. The van der Waals surface area contributed by atoms with Crippen LogP contribution in [0.2, 0.25) is 0 Å². The quantitative estimate of drug-likeness (QED) is 0.495. The van der Waals surface area contributed by atoms with Crippen LogP contribution >= 0.6 is 11.3 Å². The molecule has 140 valence electrons. The zero-order valence-corrected chi connectivity index (χ0v) is 16.9. The van der Waals surface area contributed by atoms with Crippen LogP contribution in [0, 0.1) is 6.92 Å². The highest BCUT2D eigenvalue weighted by Gasteiger charge is 2.22. The van der Waals surface area contributed by atoms with E-state index in [9.17, 15) is 5.11 Å². The molecule has 2 N–H and O–H groups in total. The minimum atomic E-state index is -0.141. The topological polar surface area (TPSA) is 58.8 Å². The molecule has 0 unspecified atom stereocenters. The molecule has 0 spiro atoms. The number of rotatable bonds is 3. The fourth-order valence-corrected chi connectivity index (χ4v) is 4.31. The Morgan fingerprint density at radius 1 is 1.15 bits per heavy atom. The smallest absolute Gasteiger partial charge is 0.197 e. The number of aromatic hydroxyl groups is 1. The van der Waals surface area contributed by atoms with E-state index in [2.05, 4.69) is 55.6 Å². The number of aryl methyl sites for hydroxylation is 1. The lowest BCUT2D eigenvalue weighted by molar-refractivity contribution is 0.373. The Bertz CT molecular complexity index is 1150. The van der Waals surface area contributed by atoms with E-state index in [0.29, 0.717) is 5.75 Å². The molecule has 4 rings (SSSR count). The van der Waals surface area contributed by atoms with Crippen LogP contribution in [0.4, 0.5) is 5.82 Å². The standard InChI is InChI=1S/C21H23N3O2S/c1-12-6-8-14-17(10-12)27-20-22-18(19(24(14)20)23-21(2,3)4)13-7-9-16(26-5)15(25)11-13/h6-11,23,25H,1-5H3. The molecule has 0 aliphatic heterocycles. The number of nitrogens with zero attached hydrogens (tertiary/aromatic N) is 2. The number of methoxy groups -OCH3 is 1. The first-order chi connectivity index (χ1) is 12.8. The van der Waals surface area contributed by atoms with Crippen molar-refractivity contribution in [3.8, 4) is 22.8 Å². The number of hydrogen-bond donors (Lipinski definition) is 2. The lowest BCUT2D eigenvalue weighted by atomic mass is 10.1. The average molecular weight is 382 g/mol. The van der Waals surface area contributed by atoms with Gasteiger partial charge in [0.25, 0.3) is 0 Å². The van der Waals surface area contributed by atoms with Crippen molar-refractivity contribution in [1.82, 2.24) is 9.38 Å². The largest absolute Gasteiger partial charge is 0.504 e. The predicted molar refractivity (Wildman–Crippen MR) is 112 cm³/mol. The van der Waals surface area contributed by atoms with Gasteiger partial charge in [-0.15, -0.1) is 0 Å². The highest BCUT2D eigenvalue weighted by atomic mass is 32.1. The second-order valence-corrected chi connectivity index (χ2v) is 8.77. The molecular formula is C21H23N3O2S. The van der Waals surface area contributed by atoms with Crippen molar-refractivity contribution in [1.29, 1.82) is 0 Å². The highest BCUT2D eigenvalue weighted by molar-refractivity contribution is 7.23. The Morgan fingerprint density at radius 3 is 2.59 bits per heavy atom. The van der Waals surface area contributed by atoms with Crippen molar-refractivity contribution in [2.75, 3.05) is 12.4 Å². The molecule has 0 fully saturated rings. The lowest BCUT2D eigenvalue weighted by Crippen LogP contribution is -2.27. The molecule has 2 aromatic carbocycles. The molecule has 5 nitrogen and oxygen atoms in total. The third-order valence-corrected chi connectivity index (χ3v) is 5.35. The second kappa shape index (κ2) is 6.16. The molecular weight excluding hydrogens is 358 g/mol. The molecule has 2 aromatic heterocycles. The number of aromatic nitrogens is 2. The number of imidazole rings is 1. The molecule has 0 saturated heterocycles. The van der Waals surface area contributed by atoms with Crippen molar-refractivity contribution < 1.29 is 9.84 Å². The van der Waals surface area contributed by atoms with E-state index in [1.54, 1.807) is 30.6 Å². The Kier molecular flexibility index (Phi) is 4.03. The normalized spacial score (nSPS) is 12.0. The van der Waals surface area contributed by atoms with Gasteiger partial charge in [0.2, 0.25) is 0 Å². The summed E-state index contributed by atoms with van der Waals surface area (Å²) in [6.45, 7) is 8.48. The average Bonchev–Trinajstić information content (AvgIpc) is 3.09. The first-order valence-corrected chi connectivity index (χ1v) is 9.65. The van der Waals surface area contributed by atoms with Crippen molar-refractivity contribution in [3.05, 3.63) is 42.0 Å². The van der Waals surface area contributed by atoms with Gasteiger partial charge in [0.1, 0.15) is 11.5 Å². The number of fused-ring (bicyclic) bond motifs is 3. The van der Waals surface area contributed by atoms with Gasteiger partial charge in [-0.25, -0.2) is 4.98 Å². The number of thiazole rings is 1. The van der Waals surface area contributed by atoms with Gasteiger partial charge < -0.3 is 15.2 Å². The lowest BCUT2D eigenvalue weighted by Gasteiger charge is -2.22. The van der Waals surface area contributed by atoms with Crippen LogP contribution in [0.25, 0.3) is 26.4 Å². The Labute approximate surface area is 162 Å². The molecule has 0 amide bonds. The molecule has 4 aromatic rings. The summed E-state index contributed by atoms with van der Waals surface area (Å²) < 4.78 is 8.55. The van der Waals surface area contributed by atoms with E-state index in [-0.39, 0.29) is 11.3 Å². The van der Waals surface area contributed by atoms with Gasteiger partial charge in [0.15, 0.2) is 16.5 Å². The van der Waals surface area contributed by atoms with E-state index in [1.807, 2.05) is 6.07 Å². The van der Waals surface area contributed by atoms with Crippen LogP contribution in [-0.4, -0.2) is 27.1 Å². The monoisotopic (exact) mass is 381 g/mol. The van der Waals surface area contributed by atoms with Crippen LogP contribution < -0.4 is 10.1 Å². The molecule has 0 radical (unpaired) electrons. The highest BCUT2D eigenvalue weighted by Crippen LogP contribution is 2.39. The maximum absolute atomic E-state index is 10.2. The van der Waals surface area contributed by atoms with E-state index < -0.39 is 0 Å². The third kappa shape index (κ3) is 3.10. The number of ether oxygens (including phenoxy) is 1. The molecule has 6 heteroatoms. The van der Waals surface area contributed by atoms with Gasteiger partial charge in [-0.2, -0.15) is 0 Å². The van der Waals surface area contributed by atoms with E-state index in [4.69, 9.17) is 9.72 Å². The van der Waals surface area contributed by atoms with Gasteiger partial charge in [-0.1, -0.05) is 17.4 Å². The van der Waals surface area contributed by atoms with Crippen LogP contribution in [0.5, 0.6) is 11.5 Å². The van der Waals surface area contributed by atoms with Gasteiger partial charge >= 0.3 is 0 Å². The molecule has 0 bridgehead atoms. The summed E-state index contributed by atoms with van der Waals surface area (Å²) in [6.07, 6.45) is 0. The van der Waals surface area contributed by atoms with E-state index in [0.717, 1.165) is 27.6 Å². The second-order valence-electron chi connectivity index (χ2n) is 7.76. The number of phenolic OH excluding ortho intramolecular Hbond substituents is 1. The summed E-state index contributed by atoms with van der Waals surface area (Å²) in [5.41, 5.74) is 3.88. The third-order valence-electron chi connectivity index (χ3n) is 4.35. The van der Waals surface area contributed by atoms with E-state index >= 15 is 0 Å². The molecule has 0 aliphatic rings. The van der Waals surface area contributed by atoms with Crippen LogP contribution in [0.3, 0.4) is 0 Å². The van der Waals surface area contributed by atoms with Crippen LogP contribution in [-0.2, 0) is 0 Å². The zero-order valence-electron chi connectivity index (χ0n) is 16.1. The zero-order chi connectivity index (χ0) is 19.3. The summed E-state index contributed by atoms with van der Waals surface area (Å²) in [4.78, 5) is 5.82. The molecule has 0 atom stereocenters. The summed E-state index contributed by atoms with van der Waals surface area (Å²) in [5, 5.41) is 13.8. The van der Waals surface area contributed by atoms with Gasteiger partial charge in [0, 0.05) is 11.1 Å². The fraction of sp³-hybridized carbons (Fsp3) is 0.286. The van der Waals surface area contributed by atoms with Crippen molar-refractivity contribution in [3.63, 3.8) is 0 Å². The molecule has 0 aliphatic carbocycles. The summed E-state index contributed by atoms with van der Waals surface area (Å²) in [5.74, 6) is 1.48. The van der Waals surface area contributed by atoms with Crippen LogP contribution in [0.1, 0.15) is 26.3 Å². The van der Waals surface area contributed by atoms with Crippen LogP contribution in [0.15, 0.2) is 36.4 Å². The number of benzene rings is 2. The van der Waals surface area contributed by atoms with Gasteiger partial charge in [-0.05, 0) is 63.6 Å². The predicted octanol–water partition coefficient (Wildman–Crippen LogP) is 5.45. The minimum absolute atomic E-state index is 0.105. The summed E-state index contributed by atoms with van der Waals surface area (Å²) in [6, 6.07) is 11.8. The van der Waals surface area contributed by atoms with Gasteiger partial charge in [-0.3, -0.25) is 4.40 Å². The molecule has 2 heterocycles. The maximum Gasteiger partial charge on any atom is 0.197 e. The fourth-order valence-electron chi connectivity index (χ4n) is 3.19. The van der Waals surface area contributed by atoms with E-state index in [1.165, 1.54) is 10.3 Å². The Hall–Kier alpha value is -2.73. The first-order valence-electron chi connectivity index (χ1n) is 8.84. The SMILES string of the molecule is COc1ccc(-c2nc3sc4cc(C)ccc4n3c2NC(C)(C)C)cc1O. The van der Waals surface area contributed by atoms with Crippen molar-refractivity contribution >= 4 is 32.3 Å². The minimum Gasteiger partial charge on any atom is -0.504 e. The summed E-state index contributed by atoms with van der Waals surface area (Å²) in [7, 11) is 1.54. The number of hydrogen-bond acceptors (Lipinski definition) is 5. The Morgan fingerprint density at radius 2 is 1.93 bits per heavy atom. The molecule has 27 heavy (non-hydrogen) atoms. The summed E-state index contributed by atoms with van der Waals surface area (Å²) >= 11 is 1.67. The number of nitrogens with one attached hydrogen (secondary N) is 1. The first kappa shape index (κ1) is 17.7. The van der Waals surface area contributed by atoms with Crippen molar-refractivity contribution in [2.45, 2.75) is 33.2 Å². The molecule has 0 saturated carbocycles.